The Morgan fingerprint density at radius 1 is 1.17 bits per heavy atom. The van der Waals surface area contributed by atoms with Crippen LogP contribution in [0.2, 0.25) is 0 Å². The zero-order chi connectivity index (χ0) is 24.0. The van der Waals surface area contributed by atoms with E-state index in [1.54, 1.807) is 23.1 Å². The molecular weight excluding hydrogens is 512 g/mol. The number of fused-ring (bicyclic) bond motifs is 1. The minimum absolute atomic E-state index is 0. The molecular formula is C25H34Cl2FN3O3S. The van der Waals surface area contributed by atoms with Gasteiger partial charge in [-0.1, -0.05) is 39.0 Å². The van der Waals surface area contributed by atoms with E-state index in [1.807, 2.05) is 13.8 Å². The third kappa shape index (κ3) is 5.67. The highest BCUT2D eigenvalue weighted by Crippen LogP contribution is 2.43. The summed E-state index contributed by atoms with van der Waals surface area (Å²) in [5.41, 5.74) is 0.653. The molecule has 0 aliphatic carbocycles. The lowest BCUT2D eigenvalue weighted by molar-refractivity contribution is -0.120. The van der Waals surface area contributed by atoms with Gasteiger partial charge in [-0.2, -0.15) is 0 Å². The van der Waals surface area contributed by atoms with Crippen molar-refractivity contribution in [1.29, 1.82) is 0 Å². The predicted octanol–water partition coefficient (Wildman–Crippen LogP) is 4.20. The first-order valence-electron chi connectivity index (χ1n) is 11.5. The van der Waals surface area contributed by atoms with Gasteiger partial charge in [-0.15, -0.1) is 24.8 Å². The smallest absolute Gasteiger partial charge is 0.241 e. The number of piperazine rings is 1. The van der Waals surface area contributed by atoms with Crippen LogP contribution in [-0.2, 0) is 20.0 Å². The third-order valence-electron chi connectivity index (χ3n) is 6.80. The van der Waals surface area contributed by atoms with E-state index in [0.717, 1.165) is 19.5 Å². The maximum atomic E-state index is 15.1. The summed E-state index contributed by atoms with van der Waals surface area (Å²) in [5.74, 6) is -0.883. The molecule has 0 radical (unpaired) electrons. The van der Waals surface area contributed by atoms with Crippen LogP contribution >= 0.6 is 24.8 Å². The van der Waals surface area contributed by atoms with Crippen molar-refractivity contribution in [2.45, 2.75) is 61.4 Å². The summed E-state index contributed by atoms with van der Waals surface area (Å²) >= 11 is 0. The molecule has 2 heterocycles. The van der Waals surface area contributed by atoms with E-state index in [2.05, 4.69) is 24.1 Å². The first-order chi connectivity index (χ1) is 15.5. The Balaban J connectivity index is 0.00000216. The van der Waals surface area contributed by atoms with E-state index in [0.29, 0.717) is 23.8 Å². The minimum atomic E-state index is -4.06. The van der Waals surface area contributed by atoms with Crippen LogP contribution in [0, 0.1) is 5.82 Å². The number of anilines is 1. The van der Waals surface area contributed by atoms with Gasteiger partial charge in [-0.25, -0.2) is 12.8 Å². The first-order valence-corrected chi connectivity index (χ1v) is 12.9. The maximum Gasteiger partial charge on any atom is 0.241 e. The average molecular weight is 547 g/mol. The molecule has 10 heteroatoms. The van der Waals surface area contributed by atoms with Crippen molar-refractivity contribution in [3.63, 3.8) is 0 Å². The number of halogens is 3. The fraction of sp³-hybridized carbons (Fsp3) is 0.480. The molecule has 1 saturated heterocycles. The van der Waals surface area contributed by atoms with Crippen molar-refractivity contribution < 1.29 is 17.6 Å². The highest BCUT2D eigenvalue weighted by molar-refractivity contribution is 7.91. The number of sulfone groups is 1. The molecule has 2 aliphatic rings. The number of benzene rings is 2. The van der Waals surface area contributed by atoms with Gasteiger partial charge in [0, 0.05) is 42.8 Å². The SMILES string of the molecule is CC[C@H]1CN[C@H](C)CN1CC(=O)N1CC(C)(C)c2cc(F)c(S(=O)(=O)c3ccccc3)cc21.Cl.Cl. The van der Waals surface area contributed by atoms with Crippen LogP contribution in [0.25, 0.3) is 0 Å². The van der Waals surface area contributed by atoms with Gasteiger partial charge in [0.1, 0.15) is 10.7 Å². The first kappa shape index (κ1) is 29.5. The van der Waals surface area contributed by atoms with Crippen molar-refractivity contribution >= 4 is 46.2 Å². The molecule has 6 nitrogen and oxygen atoms in total. The summed E-state index contributed by atoms with van der Waals surface area (Å²) in [6.45, 7) is 10.3. The van der Waals surface area contributed by atoms with Crippen LogP contribution in [0.1, 0.15) is 39.7 Å². The number of carbonyl (C=O) groups is 1. The van der Waals surface area contributed by atoms with Crippen molar-refractivity contribution in [2.24, 2.45) is 0 Å². The number of hydrogen-bond donors (Lipinski definition) is 1. The number of carbonyl (C=O) groups excluding carboxylic acids is 1. The Labute approximate surface area is 220 Å². The van der Waals surface area contributed by atoms with Crippen molar-refractivity contribution in [3.8, 4) is 0 Å². The Morgan fingerprint density at radius 3 is 2.46 bits per heavy atom. The van der Waals surface area contributed by atoms with Crippen LogP contribution in [0.5, 0.6) is 0 Å². The van der Waals surface area contributed by atoms with Gasteiger partial charge in [-0.3, -0.25) is 9.69 Å². The second kappa shape index (κ2) is 11.1. The van der Waals surface area contributed by atoms with Gasteiger partial charge in [0.15, 0.2) is 0 Å². The lowest BCUT2D eigenvalue weighted by atomic mass is 9.87. The molecule has 2 aromatic rings. The topological polar surface area (TPSA) is 69.7 Å². The third-order valence-corrected chi connectivity index (χ3v) is 8.59. The number of amides is 1. The quantitative estimate of drug-likeness (QED) is 0.609. The zero-order valence-electron chi connectivity index (χ0n) is 20.5. The Morgan fingerprint density at radius 2 is 1.83 bits per heavy atom. The summed E-state index contributed by atoms with van der Waals surface area (Å²) in [7, 11) is -4.06. The summed E-state index contributed by atoms with van der Waals surface area (Å²) in [6.07, 6.45) is 0.930. The summed E-state index contributed by atoms with van der Waals surface area (Å²) in [5, 5.41) is 3.46. The number of nitrogens with zero attached hydrogens (tertiary/aromatic N) is 2. The van der Waals surface area contributed by atoms with Gasteiger partial charge in [-0.05, 0) is 43.2 Å². The Hall–Kier alpha value is -1.71. The van der Waals surface area contributed by atoms with Crippen LogP contribution in [-0.4, -0.2) is 57.5 Å². The Kier molecular flexibility index (Phi) is 9.39. The van der Waals surface area contributed by atoms with Gasteiger partial charge in [0.2, 0.25) is 15.7 Å². The van der Waals surface area contributed by atoms with Crippen LogP contribution < -0.4 is 10.2 Å². The summed E-state index contributed by atoms with van der Waals surface area (Å²) in [6, 6.07) is 11.0. The minimum Gasteiger partial charge on any atom is -0.311 e. The monoisotopic (exact) mass is 545 g/mol. The van der Waals surface area contributed by atoms with E-state index >= 15 is 4.39 Å². The molecule has 1 amide bonds. The van der Waals surface area contributed by atoms with Crippen molar-refractivity contribution in [1.82, 2.24) is 10.2 Å². The van der Waals surface area contributed by atoms with Gasteiger partial charge < -0.3 is 10.2 Å². The van der Waals surface area contributed by atoms with E-state index < -0.39 is 26.0 Å². The number of nitrogens with one attached hydrogen (secondary N) is 1. The zero-order valence-corrected chi connectivity index (χ0v) is 22.9. The summed E-state index contributed by atoms with van der Waals surface area (Å²) < 4.78 is 41.4. The molecule has 4 rings (SSSR count). The van der Waals surface area contributed by atoms with Gasteiger partial charge >= 0.3 is 0 Å². The molecule has 194 valence electrons. The highest BCUT2D eigenvalue weighted by Gasteiger charge is 2.41. The fourth-order valence-electron chi connectivity index (χ4n) is 4.92. The van der Waals surface area contributed by atoms with Crippen LogP contribution in [0.15, 0.2) is 52.3 Å². The van der Waals surface area contributed by atoms with E-state index in [4.69, 9.17) is 0 Å². The normalized spacial score (nSPS) is 21.6. The molecule has 0 aromatic heterocycles. The van der Waals surface area contributed by atoms with E-state index in [1.165, 1.54) is 24.3 Å². The molecule has 1 fully saturated rings. The largest absolute Gasteiger partial charge is 0.311 e. The highest BCUT2D eigenvalue weighted by atomic mass is 35.5. The van der Waals surface area contributed by atoms with Gasteiger partial charge in [0.05, 0.1) is 11.4 Å². The lowest BCUT2D eigenvalue weighted by Crippen LogP contribution is -2.57. The molecule has 0 unspecified atom stereocenters. The lowest BCUT2D eigenvalue weighted by Gasteiger charge is -2.39. The van der Waals surface area contributed by atoms with E-state index in [-0.39, 0.29) is 48.2 Å². The summed E-state index contributed by atoms with van der Waals surface area (Å²) in [4.78, 5) is 16.9. The molecule has 2 atom stereocenters. The second-order valence-electron chi connectivity index (χ2n) is 9.78. The molecule has 0 bridgehead atoms. The van der Waals surface area contributed by atoms with Crippen molar-refractivity contribution in [2.75, 3.05) is 31.1 Å². The Bertz CT molecular complexity index is 1160. The predicted molar refractivity (Wildman–Crippen MR) is 141 cm³/mol. The molecule has 1 N–H and O–H groups in total. The average Bonchev–Trinajstić information content (AvgIpc) is 3.04. The molecule has 2 aliphatic heterocycles. The molecule has 0 spiro atoms. The second-order valence-corrected chi connectivity index (χ2v) is 11.7. The molecule has 2 aromatic carbocycles. The van der Waals surface area contributed by atoms with Gasteiger partial charge in [0.25, 0.3) is 0 Å². The number of rotatable bonds is 5. The number of hydrogen-bond acceptors (Lipinski definition) is 5. The fourth-order valence-corrected chi connectivity index (χ4v) is 6.27. The van der Waals surface area contributed by atoms with Crippen LogP contribution in [0.4, 0.5) is 10.1 Å². The standard InChI is InChI=1S/C25H32FN3O3S.2ClH/c1-5-18-13-27-17(2)14-28(18)15-24(30)29-16-25(3,4)20-11-21(26)23(12-22(20)29)33(31,32)19-9-7-6-8-10-19;;/h6-12,17-18,27H,5,13-16H2,1-4H3;2*1H/t17-,18+;;/m1../s1. The van der Waals surface area contributed by atoms with Crippen LogP contribution in [0.3, 0.4) is 0 Å². The molecule has 35 heavy (non-hydrogen) atoms. The molecule has 0 saturated carbocycles. The van der Waals surface area contributed by atoms with Crippen molar-refractivity contribution in [3.05, 3.63) is 53.8 Å². The van der Waals surface area contributed by atoms with E-state index in [9.17, 15) is 13.2 Å². The maximum absolute atomic E-state index is 15.1.